The molecule has 0 aliphatic rings. The van der Waals surface area contributed by atoms with E-state index in [1.807, 2.05) is 42.5 Å². The average Bonchev–Trinajstić information content (AvgIpc) is 3.02. The Labute approximate surface area is 298 Å². The van der Waals surface area contributed by atoms with Gasteiger partial charge in [0.05, 0.1) is 11.5 Å². The van der Waals surface area contributed by atoms with Gasteiger partial charge in [0.25, 0.3) is 0 Å². The summed E-state index contributed by atoms with van der Waals surface area (Å²) in [7, 11) is -4.76. The summed E-state index contributed by atoms with van der Waals surface area (Å²) < 4.78 is 42.9. The van der Waals surface area contributed by atoms with Crippen molar-refractivity contribution in [3.8, 4) is 28.7 Å². The Bertz CT molecular complexity index is 1450. The monoisotopic (exact) mass is 658 g/mol. The quantitative estimate of drug-likeness (QED) is 0.0650. The van der Waals surface area contributed by atoms with Gasteiger partial charge in [-0.3, -0.25) is 0 Å². The molecule has 238 valence electrons. The van der Waals surface area contributed by atoms with E-state index in [0.717, 1.165) is 42.7 Å². The number of benzene rings is 3. The van der Waals surface area contributed by atoms with Crippen LogP contribution in [0.1, 0.15) is 109 Å². The van der Waals surface area contributed by atoms with Crippen LogP contribution in [0.2, 0.25) is 0 Å². The summed E-state index contributed by atoms with van der Waals surface area (Å²) in [5.41, 5.74) is 1.76. The van der Waals surface area contributed by atoms with Crippen LogP contribution in [0.4, 0.5) is 0 Å². The average molecular weight is 659 g/mol. The SMILES string of the molecule is CCCCCCCCCCC#CC(O)c1ccccc1-c1ccc(Sc2ccc(OCCCCCC)cc2)c(S(=O)(=O)[O-])c1.[Na+]. The molecule has 3 aromatic carbocycles. The maximum absolute atomic E-state index is 12.3. The van der Waals surface area contributed by atoms with Crippen LogP contribution in [0.25, 0.3) is 11.1 Å². The summed E-state index contributed by atoms with van der Waals surface area (Å²) in [4.78, 5) is 0.852. The normalized spacial score (nSPS) is 11.7. The molecule has 0 heterocycles. The van der Waals surface area contributed by atoms with Crippen molar-refractivity contribution in [1.82, 2.24) is 0 Å². The summed E-state index contributed by atoms with van der Waals surface area (Å²) in [6.45, 7) is 5.06. The van der Waals surface area contributed by atoms with Gasteiger partial charge in [-0.25, -0.2) is 8.42 Å². The Kier molecular flexibility index (Phi) is 19.2. The smallest absolute Gasteiger partial charge is 0.744 e. The second-order valence-corrected chi connectivity index (χ2v) is 13.6. The van der Waals surface area contributed by atoms with Crippen molar-refractivity contribution in [2.75, 3.05) is 6.61 Å². The Morgan fingerprint density at radius 3 is 2.11 bits per heavy atom. The van der Waals surface area contributed by atoms with Gasteiger partial charge >= 0.3 is 29.6 Å². The van der Waals surface area contributed by atoms with Crippen molar-refractivity contribution in [3.63, 3.8) is 0 Å². The van der Waals surface area contributed by atoms with E-state index < -0.39 is 16.2 Å². The molecule has 0 spiro atoms. The standard InChI is InChI=1S/C37H48O5S2.Na/c1-3-5-7-9-10-11-12-13-14-15-21-35(38)34-20-17-16-19-33(34)30-22-27-36(37(29-30)44(39,40)41)43-32-25-23-31(24-26-32)42-28-18-8-6-4-2;/h16-17,19-20,22-27,29,35,38H,3-14,18,28H2,1-2H3,(H,39,40,41);/q;+1/p-1. The molecular formula is C37H47NaO5S2. The van der Waals surface area contributed by atoms with E-state index in [2.05, 4.69) is 25.7 Å². The van der Waals surface area contributed by atoms with Gasteiger partial charge in [-0.2, -0.15) is 0 Å². The fraction of sp³-hybridized carbons (Fsp3) is 0.459. The minimum Gasteiger partial charge on any atom is -0.744 e. The molecule has 5 nitrogen and oxygen atoms in total. The van der Waals surface area contributed by atoms with E-state index in [1.165, 1.54) is 69.2 Å². The fourth-order valence-corrected chi connectivity index (χ4v) is 6.84. The van der Waals surface area contributed by atoms with Crippen molar-refractivity contribution in [2.45, 2.75) is 118 Å². The van der Waals surface area contributed by atoms with E-state index >= 15 is 0 Å². The van der Waals surface area contributed by atoms with Crippen molar-refractivity contribution in [3.05, 3.63) is 72.3 Å². The number of unbranched alkanes of at least 4 members (excludes halogenated alkanes) is 11. The van der Waals surface area contributed by atoms with Crippen LogP contribution in [0.15, 0.2) is 81.4 Å². The van der Waals surface area contributed by atoms with Gasteiger partial charge in [-0.05, 0) is 60.4 Å². The molecule has 1 atom stereocenters. The fourth-order valence-electron chi connectivity index (χ4n) is 5.00. The number of hydrogen-bond acceptors (Lipinski definition) is 6. The van der Waals surface area contributed by atoms with Crippen molar-refractivity contribution in [1.29, 1.82) is 0 Å². The first-order valence-corrected chi connectivity index (χ1v) is 18.3. The first-order chi connectivity index (χ1) is 21.3. The Hall–Kier alpha value is -1.76. The van der Waals surface area contributed by atoms with Gasteiger partial charge in [0, 0.05) is 21.8 Å². The molecule has 8 heteroatoms. The molecule has 0 radical (unpaired) electrons. The summed E-state index contributed by atoms with van der Waals surface area (Å²) in [5, 5.41) is 10.9. The van der Waals surface area contributed by atoms with E-state index in [0.29, 0.717) is 28.2 Å². The molecule has 0 aliphatic heterocycles. The molecule has 0 bridgehead atoms. The van der Waals surface area contributed by atoms with E-state index in [9.17, 15) is 18.1 Å². The number of aliphatic hydroxyl groups excluding tert-OH is 1. The summed E-state index contributed by atoms with van der Waals surface area (Å²) in [6.07, 6.45) is 14.0. The molecular weight excluding hydrogens is 612 g/mol. The molecule has 45 heavy (non-hydrogen) atoms. The predicted octanol–water partition coefficient (Wildman–Crippen LogP) is 6.94. The first kappa shape index (κ1) is 39.4. The van der Waals surface area contributed by atoms with Gasteiger partial charge < -0.3 is 14.4 Å². The third kappa shape index (κ3) is 14.3. The molecule has 0 amide bonds. The molecule has 0 saturated heterocycles. The van der Waals surface area contributed by atoms with Gasteiger partial charge in [-0.1, -0.05) is 126 Å². The van der Waals surface area contributed by atoms with Gasteiger partial charge in [-0.15, -0.1) is 5.92 Å². The molecule has 1 unspecified atom stereocenters. The minimum absolute atomic E-state index is 0. The Morgan fingerprint density at radius 1 is 0.822 bits per heavy atom. The van der Waals surface area contributed by atoms with Crippen molar-refractivity contribution < 1.29 is 52.4 Å². The van der Waals surface area contributed by atoms with Crippen LogP contribution in [-0.2, 0) is 10.1 Å². The zero-order chi connectivity index (χ0) is 31.6. The van der Waals surface area contributed by atoms with Crippen LogP contribution < -0.4 is 34.3 Å². The maximum atomic E-state index is 12.3. The zero-order valence-corrected chi connectivity index (χ0v) is 30.9. The second-order valence-electron chi connectivity index (χ2n) is 11.1. The first-order valence-electron chi connectivity index (χ1n) is 16.1. The molecule has 3 rings (SSSR count). The zero-order valence-electron chi connectivity index (χ0n) is 27.2. The topological polar surface area (TPSA) is 86.7 Å². The minimum atomic E-state index is -4.76. The molecule has 1 N–H and O–H groups in total. The maximum Gasteiger partial charge on any atom is 1.00 e. The largest absolute Gasteiger partial charge is 1.00 e. The van der Waals surface area contributed by atoms with E-state index in [1.54, 1.807) is 18.2 Å². The second kappa shape index (κ2) is 21.9. The molecule has 0 aromatic heterocycles. The van der Waals surface area contributed by atoms with Gasteiger partial charge in [0.15, 0.2) is 0 Å². The van der Waals surface area contributed by atoms with Crippen LogP contribution >= 0.6 is 11.8 Å². The van der Waals surface area contributed by atoms with Crippen LogP contribution in [0.5, 0.6) is 5.75 Å². The van der Waals surface area contributed by atoms with Crippen LogP contribution in [0, 0.1) is 11.8 Å². The number of hydrogen-bond donors (Lipinski definition) is 1. The third-order valence-electron chi connectivity index (χ3n) is 7.49. The number of rotatable bonds is 19. The van der Waals surface area contributed by atoms with Gasteiger partial charge in [0.1, 0.15) is 22.0 Å². The molecule has 0 saturated carbocycles. The van der Waals surface area contributed by atoms with E-state index in [4.69, 9.17) is 4.74 Å². The number of ether oxygens (including phenoxy) is 1. The number of aliphatic hydroxyl groups is 1. The van der Waals surface area contributed by atoms with Crippen LogP contribution in [-0.4, -0.2) is 24.7 Å². The van der Waals surface area contributed by atoms with Crippen molar-refractivity contribution in [2.24, 2.45) is 0 Å². The van der Waals surface area contributed by atoms with Gasteiger partial charge in [0.2, 0.25) is 0 Å². The third-order valence-corrected chi connectivity index (χ3v) is 9.58. The Morgan fingerprint density at radius 2 is 1.44 bits per heavy atom. The van der Waals surface area contributed by atoms with E-state index in [-0.39, 0.29) is 34.5 Å². The summed E-state index contributed by atoms with van der Waals surface area (Å²) in [6, 6.07) is 19.5. The molecule has 3 aromatic rings. The summed E-state index contributed by atoms with van der Waals surface area (Å²) >= 11 is 1.22. The predicted molar refractivity (Wildman–Crippen MR) is 180 cm³/mol. The van der Waals surface area contributed by atoms with Crippen molar-refractivity contribution >= 4 is 21.9 Å². The molecule has 0 aliphatic carbocycles. The summed E-state index contributed by atoms with van der Waals surface area (Å²) in [5.74, 6) is 6.82. The molecule has 0 fully saturated rings. The Balaban J connectivity index is 0.00000705. The van der Waals surface area contributed by atoms with Crippen LogP contribution in [0.3, 0.4) is 0 Å².